The van der Waals surface area contributed by atoms with Crippen molar-refractivity contribution < 1.29 is 0 Å². The Balaban J connectivity index is 1.95. The number of nitrogens with zero attached hydrogens (tertiary/aromatic N) is 4. The Morgan fingerprint density at radius 3 is 2.42 bits per heavy atom. The maximum Gasteiger partial charge on any atom is 0.175 e. The minimum absolute atomic E-state index is 0.370. The highest BCUT2D eigenvalue weighted by Gasteiger charge is 2.04. The van der Waals surface area contributed by atoms with Crippen LogP contribution in [0.1, 0.15) is 5.56 Å². The van der Waals surface area contributed by atoms with Crippen LogP contribution in [0.5, 0.6) is 0 Å². The minimum Gasteiger partial charge on any atom is -0.220 e. The second-order valence-corrected chi connectivity index (χ2v) is 4.64. The van der Waals surface area contributed by atoms with Crippen molar-refractivity contribution in [1.29, 1.82) is 0 Å². The molecule has 0 saturated heterocycles. The van der Waals surface area contributed by atoms with E-state index in [-0.39, 0.29) is 0 Å². The van der Waals surface area contributed by atoms with Crippen LogP contribution in [0.25, 0.3) is 16.9 Å². The molecule has 0 spiro atoms. The summed E-state index contributed by atoms with van der Waals surface area (Å²) in [6, 6.07) is 11.8. The molecule has 2 aromatic heterocycles. The van der Waals surface area contributed by atoms with Gasteiger partial charge in [-0.25, -0.2) is 4.68 Å². The summed E-state index contributed by atoms with van der Waals surface area (Å²) in [5, 5.41) is 12.4. The summed E-state index contributed by atoms with van der Waals surface area (Å²) in [6.45, 7) is 2.07. The third kappa shape index (κ3) is 2.48. The number of aryl methyl sites for hydroxylation is 1. The average molecular weight is 271 g/mol. The lowest BCUT2D eigenvalue weighted by atomic mass is 10.1. The molecule has 0 fully saturated rings. The standard InChI is InChI=1S/C14H11ClN4/c1-10-2-4-11(5-3-10)12-8-16-19(9-12)14-7-6-13(15)17-18-14/h2-9H,1H3. The normalized spacial score (nSPS) is 10.6. The number of halogens is 1. The van der Waals surface area contributed by atoms with E-state index in [1.165, 1.54) is 5.56 Å². The molecule has 3 aromatic rings. The van der Waals surface area contributed by atoms with Crippen LogP contribution in [0.15, 0.2) is 48.8 Å². The first-order valence-electron chi connectivity index (χ1n) is 5.84. The Morgan fingerprint density at radius 2 is 1.74 bits per heavy atom. The van der Waals surface area contributed by atoms with Gasteiger partial charge in [-0.15, -0.1) is 10.2 Å². The monoisotopic (exact) mass is 270 g/mol. The highest BCUT2D eigenvalue weighted by molar-refractivity contribution is 6.29. The zero-order valence-electron chi connectivity index (χ0n) is 10.3. The maximum atomic E-state index is 5.71. The second-order valence-electron chi connectivity index (χ2n) is 4.25. The molecule has 3 rings (SSSR count). The second kappa shape index (κ2) is 4.82. The van der Waals surface area contributed by atoms with E-state index in [9.17, 15) is 0 Å². The molecular weight excluding hydrogens is 260 g/mol. The van der Waals surface area contributed by atoms with Crippen LogP contribution in [0.2, 0.25) is 5.15 Å². The number of hydrogen-bond donors (Lipinski definition) is 0. The highest BCUT2D eigenvalue weighted by Crippen LogP contribution is 2.20. The summed E-state index contributed by atoms with van der Waals surface area (Å²) in [7, 11) is 0. The first-order chi connectivity index (χ1) is 9.22. The number of hydrogen-bond acceptors (Lipinski definition) is 3. The lowest BCUT2D eigenvalue weighted by Gasteiger charge is -1.99. The van der Waals surface area contributed by atoms with Gasteiger partial charge in [-0.05, 0) is 24.6 Å². The summed E-state index contributed by atoms with van der Waals surface area (Å²) in [5.74, 6) is 0.641. The molecule has 1 aromatic carbocycles. The van der Waals surface area contributed by atoms with Crippen LogP contribution in [0.4, 0.5) is 0 Å². The van der Waals surface area contributed by atoms with E-state index in [4.69, 9.17) is 11.6 Å². The molecule has 0 atom stereocenters. The average Bonchev–Trinajstić information content (AvgIpc) is 2.90. The predicted molar refractivity (Wildman–Crippen MR) is 74.3 cm³/mol. The molecule has 5 heteroatoms. The number of rotatable bonds is 2. The van der Waals surface area contributed by atoms with Crippen LogP contribution < -0.4 is 0 Å². The molecule has 0 unspecified atom stereocenters. The van der Waals surface area contributed by atoms with Crippen molar-refractivity contribution in [1.82, 2.24) is 20.0 Å². The Hall–Kier alpha value is -2.20. The lowest BCUT2D eigenvalue weighted by Crippen LogP contribution is -1.98. The molecule has 0 amide bonds. The first kappa shape index (κ1) is 11.9. The number of benzene rings is 1. The fourth-order valence-corrected chi connectivity index (χ4v) is 1.88. The van der Waals surface area contributed by atoms with Gasteiger partial charge < -0.3 is 0 Å². The Kier molecular flexibility index (Phi) is 3.01. The van der Waals surface area contributed by atoms with E-state index < -0.39 is 0 Å². The molecule has 0 N–H and O–H groups in total. The molecule has 0 radical (unpaired) electrons. The van der Waals surface area contributed by atoms with Crippen molar-refractivity contribution in [3.63, 3.8) is 0 Å². The Bertz CT molecular complexity index is 626. The molecule has 0 saturated carbocycles. The SMILES string of the molecule is Cc1ccc(-c2cnn(-c3ccc(Cl)nn3)c2)cc1. The maximum absolute atomic E-state index is 5.71. The predicted octanol–water partition coefficient (Wildman–Crippen LogP) is 3.29. The van der Waals surface area contributed by atoms with Crippen LogP contribution in [0, 0.1) is 6.92 Å². The first-order valence-corrected chi connectivity index (χ1v) is 6.21. The van der Waals surface area contributed by atoms with Crippen molar-refractivity contribution in [2.75, 3.05) is 0 Å². The molecule has 19 heavy (non-hydrogen) atoms. The van der Waals surface area contributed by atoms with Gasteiger partial charge in [0.25, 0.3) is 0 Å². The quantitative estimate of drug-likeness (QED) is 0.718. The minimum atomic E-state index is 0.370. The van der Waals surface area contributed by atoms with Crippen LogP contribution in [-0.2, 0) is 0 Å². The van der Waals surface area contributed by atoms with Gasteiger partial charge in [0.15, 0.2) is 11.0 Å². The molecule has 0 aliphatic heterocycles. The zero-order valence-corrected chi connectivity index (χ0v) is 11.0. The van der Waals surface area contributed by atoms with E-state index >= 15 is 0 Å². The van der Waals surface area contributed by atoms with Crippen molar-refractivity contribution in [3.8, 4) is 16.9 Å². The van der Waals surface area contributed by atoms with Gasteiger partial charge in [-0.3, -0.25) is 0 Å². The van der Waals surface area contributed by atoms with Crippen molar-refractivity contribution in [2.45, 2.75) is 6.92 Å². The molecule has 2 heterocycles. The van der Waals surface area contributed by atoms with Gasteiger partial charge in [0.1, 0.15) is 0 Å². The summed E-state index contributed by atoms with van der Waals surface area (Å²) in [5.41, 5.74) is 3.40. The highest BCUT2D eigenvalue weighted by atomic mass is 35.5. The molecule has 94 valence electrons. The van der Waals surface area contributed by atoms with Gasteiger partial charge in [0.05, 0.1) is 6.20 Å². The van der Waals surface area contributed by atoms with Crippen LogP contribution in [0.3, 0.4) is 0 Å². The van der Waals surface area contributed by atoms with Crippen molar-refractivity contribution in [2.24, 2.45) is 0 Å². The van der Waals surface area contributed by atoms with Gasteiger partial charge >= 0.3 is 0 Å². The molecule has 0 aliphatic carbocycles. The van der Waals surface area contributed by atoms with Crippen molar-refractivity contribution >= 4 is 11.6 Å². The fraction of sp³-hybridized carbons (Fsp3) is 0.0714. The fourth-order valence-electron chi connectivity index (χ4n) is 1.77. The summed E-state index contributed by atoms with van der Waals surface area (Å²) in [6.07, 6.45) is 3.73. The van der Waals surface area contributed by atoms with Gasteiger partial charge in [0, 0.05) is 11.8 Å². The van der Waals surface area contributed by atoms with E-state index in [1.54, 1.807) is 23.0 Å². The van der Waals surface area contributed by atoms with Crippen LogP contribution in [-0.4, -0.2) is 20.0 Å². The third-order valence-electron chi connectivity index (χ3n) is 2.82. The third-order valence-corrected chi connectivity index (χ3v) is 3.02. The summed E-state index contributed by atoms with van der Waals surface area (Å²) < 4.78 is 1.68. The van der Waals surface area contributed by atoms with E-state index in [2.05, 4.69) is 46.5 Å². The number of aromatic nitrogens is 4. The Labute approximate surface area is 115 Å². The van der Waals surface area contributed by atoms with Crippen LogP contribution >= 0.6 is 11.6 Å². The largest absolute Gasteiger partial charge is 0.220 e. The van der Waals surface area contributed by atoms with Crippen molar-refractivity contribution in [3.05, 3.63) is 59.5 Å². The van der Waals surface area contributed by atoms with Gasteiger partial charge in [-0.1, -0.05) is 41.4 Å². The lowest BCUT2D eigenvalue weighted by molar-refractivity contribution is 0.814. The molecule has 4 nitrogen and oxygen atoms in total. The van der Waals surface area contributed by atoms with E-state index in [1.807, 2.05) is 6.20 Å². The molecule has 0 aliphatic rings. The molecule has 0 bridgehead atoms. The topological polar surface area (TPSA) is 43.6 Å². The smallest absolute Gasteiger partial charge is 0.175 e. The van der Waals surface area contributed by atoms with Gasteiger partial charge in [-0.2, -0.15) is 5.10 Å². The van der Waals surface area contributed by atoms with E-state index in [0.29, 0.717) is 11.0 Å². The van der Waals surface area contributed by atoms with Gasteiger partial charge in [0.2, 0.25) is 0 Å². The van der Waals surface area contributed by atoms with E-state index in [0.717, 1.165) is 11.1 Å². The summed E-state index contributed by atoms with van der Waals surface area (Å²) in [4.78, 5) is 0. The zero-order chi connectivity index (χ0) is 13.2. The molecular formula is C14H11ClN4. The summed E-state index contributed by atoms with van der Waals surface area (Å²) >= 11 is 5.71. The Morgan fingerprint density at radius 1 is 0.947 bits per heavy atom.